The molecule has 1 rings (SSSR count). The summed E-state index contributed by atoms with van der Waals surface area (Å²) in [6, 6.07) is 0. The number of anilines is 1. The maximum absolute atomic E-state index is 9.01. The molecule has 1 heterocycles. The van der Waals surface area contributed by atoms with E-state index in [1.54, 1.807) is 26.4 Å². The van der Waals surface area contributed by atoms with E-state index in [4.69, 9.17) is 5.11 Å². The van der Waals surface area contributed by atoms with Crippen molar-refractivity contribution in [3.05, 3.63) is 18.0 Å². The lowest BCUT2D eigenvalue weighted by molar-refractivity contribution is 0.191. The van der Waals surface area contributed by atoms with Crippen molar-refractivity contribution in [1.29, 1.82) is 0 Å². The van der Waals surface area contributed by atoms with Gasteiger partial charge in [-0.15, -0.1) is 0 Å². The van der Waals surface area contributed by atoms with Crippen molar-refractivity contribution >= 4 is 5.95 Å². The average Bonchev–Trinajstić information content (AvgIpc) is 2.18. The van der Waals surface area contributed by atoms with E-state index in [0.29, 0.717) is 19.0 Å². The second-order valence-electron chi connectivity index (χ2n) is 3.14. The Kier molecular flexibility index (Phi) is 4.28. The summed E-state index contributed by atoms with van der Waals surface area (Å²) in [7, 11) is 1.78. The molecule has 0 saturated carbocycles. The van der Waals surface area contributed by atoms with Crippen LogP contribution in [0.25, 0.3) is 0 Å². The Morgan fingerprint density at radius 2 is 2.07 bits per heavy atom. The van der Waals surface area contributed by atoms with E-state index in [1.807, 2.05) is 0 Å². The van der Waals surface area contributed by atoms with Crippen molar-refractivity contribution in [3.8, 4) is 0 Å². The van der Waals surface area contributed by atoms with Gasteiger partial charge in [0.15, 0.2) is 0 Å². The number of aliphatic hydroxyl groups is 1. The molecule has 0 aliphatic heterocycles. The molecule has 3 N–H and O–H groups in total. The third-order valence-corrected chi connectivity index (χ3v) is 1.70. The molecule has 0 spiro atoms. The molecule has 5 nitrogen and oxygen atoms in total. The zero-order valence-electron chi connectivity index (χ0n) is 8.49. The van der Waals surface area contributed by atoms with E-state index < -0.39 is 0 Å². The van der Waals surface area contributed by atoms with Gasteiger partial charge in [-0.2, -0.15) is 0 Å². The Hall–Kier alpha value is -1.20. The number of nitrogens with zero attached hydrogens (tertiary/aromatic N) is 2. The molecule has 0 aliphatic rings. The van der Waals surface area contributed by atoms with Crippen LogP contribution >= 0.6 is 0 Å². The highest BCUT2D eigenvalue weighted by atomic mass is 16.3. The molecular formula is C9H16N4O. The van der Waals surface area contributed by atoms with Gasteiger partial charge >= 0.3 is 0 Å². The molecule has 14 heavy (non-hydrogen) atoms. The quantitative estimate of drug-likeness (QED) is 0.618. The third kappa shape index (κ3) is 3.68. The molecule has 0 radical (unpaired) electrons. The van der Waals surface area contributed by atoms with Crippen LogP contribution in [0.1, 0.15) is 12.5 Å². The van der Waals surface area contributed by atoms with Crippen molar-refractivity contribution in [3.63, 3.8) is 0 Å². The lowest BCUT2D eigenvalue weighted by Crippen LogP contribution is -2.23. The topological polar surface area (TPSA) is 70.1 Å². The van der Waals surface area contributed by atoms with Crippen LogP contribution in [-0.2, 0) is 6.54 Å². The molecule has 1 atom stereocenters. The van der Waals surface area contributed by atoms with Gasteiger partial charge in [-0.1, -0.05) is 0 Å². The summed E-state index contributed by atoms with van der Waals surface area (Å²) in [5, 5.41) is 14.9. The lowest BCUT2D eigenvalue weighted by Gasteiger charge is -2.06. The first-order valence-corrected chi connectivity index (χ1v) is 4.60. The van der Waals surface area contributed by atoms with Gasteiger partial charge in [0.05, 0.1) is 6.10 Å². The second-order valence-corrected chi connectivity index (χ2v) is 3.14. The van der Waals surface area contributed by atoms with Crippen LogP contribution in [0.3, 0.4) is 0 Å². The van der Waals surface area contributed by atoms with Crippen molar-refractivity contribution in [2.24, 2.45) is 0 Å². The number of nitrogens with one attached hydrogen (secondary N) is 2. The molecule has 0 amide bonds. The smallest absolute Gasteiger partial charge is 0.222 e. The summed E-state index contributed by atoms with van der Waals surface area (Å²) in [6.45, 7) is 3.00. The predicted molar refractivity (Wildman–Crippen MR) is 55.0 cm³/mol. The van der Waals surface area contributed by atoms with Gasteiger partial charge in [-0.25, -0.2) is 9.97 Å². The molecule has 0 bridgehead atoms. The first-order valence-electron chi connectivity index (χ1n) is 4.60. The Balaban J connectivity index is 2.36. The summed E-state index contributed by atoms with van der Waals surface area (Å²) in [4.78, 5) is 8.14. The van der Waals surface area contributed by atoms with Gasteiger partial charge in [-0.05, 0) is 6.92 Å². The van der Waals surface area contributed by atoms with Crippen LogP contribution < -0.4 is 10.6 Å². The minimum Gasteiger partial charge on any atom is -0.392 e. The molecule has 0 saturated heterocycles. The number of aliphatic hydroxyl groups excluding tert-OH is 1. The summed E-state index contributed by atoms with van der Waals surface area (Å²) in [5.41, 5.74) is 1.00. The van der Waals surface area contributed by atoms with E-state index in [2.05, 4.69) is 20.6 Å². The van der Waals surface area contributed by atoms with E-state index in [1.165, 1.54) is 0 Å². The summed E-state index contributed by atoms with van der Waals surface area (Å²) >= 11 is 0. The Labute approximate surface area is 83.6 Å². The third-order valence-electron chi connectivity index (χ3n) is 1.70. The van der Waals surface area contributed by atoms with Crippen molar-refractivity contribution in [1.82, 2.24) is 15.3 Å². The second kappa shape index (κ2) is 5.51. The van der Waals surface area contributed by atoms with Crippen LogP contribution in [0, 0.1) is 0 Å². The van der Waals surface area contributed by atoms with Gasteiger partial charge in [0, 0.05) is 38.1 Å². The maximum Gasteiger partial charge on any atom is 0.222 e. The van der Waals surface area contributed by atoms with Gasteiger partial charge in [0.1, 0.15) is 0 Å². The van der Waals surface area contributed by atoms with Crippen LogP contribution in [0.5, 0.6) is 0 Å². The van der Waals surface area contributed by atoms with E-state index >= 15 is 0 Å². The largest absolute Gasteiger partial charge is 0.392 e. The van der Waals surface area contributed by atoms with Gasteiger partial charge < -0.3 is 15.7 Å². The molecule has 0 aromatic carbocycles. The minimum absolute atomic E-state index is 0.326. The zero-order valence-corrected chi connectivity index (χ0v) is 8.49. The van der Waals surface area contributed by atoms with Crippen LogP contribution in [0.4, 0.5) is 5.95 Å². The first kappa shape index (κ1) is 10.9. The van der Waals surface area contributed by atoms with Gasteiger partial charge in [0.25, 0.3) is 0 Å². The molecule has 0 fully saturated rings. The fourth-order valence-corrected chi connectivity index (χ4v) is 1.00. The zero-order chi connectivity index (χ0) is 10.4. The summed E-state index contributed by atoms with van der Waals surface area (Å²) < 4.78 is 0. The number of aromatic nitrogens is 2. The van der Waals surface area contributed by atoms with Gasteiger partial charge in [0.2, 0.25) is 5.95 Å². The monoisotopic (exact) mass is 196 g/mol. The molecule has 1 aromatic heterocycles. The standard InChI is InChI=1S/C9H16N4O/c1-7(14)3-11-4-8-5-12-9(10-2)13-6-8/h5-7,11,14H,3-4H2,1-2H3,(H,10,12,13). The van der Waals surface area contributed by atoms with E-state index in [0.717, 1.165) is 5.56 Å². The Bertz CT molecular complexity index is 260. The van der Waals surface area contributed by atoms with Crippen LogP contribution in [0.2, 0.25) is 0 Å². The highest BCUT2D eigenvalue weighted by Crippen LogP contribution is 1.98. The highest BCUT2D eigenvalue weighted by Gasteiger charge is 1.97. The summed E-state index contributed by atoms with van der Waals surface area (Å²) in [6.07, 6.45) is 3.19. The molecular weight excluding hydrogens is 180 g/mol. The van der Waals surface area contributed by atoms with Crippen LogP contribution in [-0.4, -0.2) is 34.8 Å². The van der Waals surface area contributed by atoms with Crippen molar-refractivity contribution in [2.45, 2.75) is 19.6 Å². The van der Waals surface area contributed by atoms with Crippen molar-refractivity contribution < 1.29 is 5.11 Å². The SMILES string of the molecule is CNc1ncc(CNCC(C)O)cn1. The fraction of sp³-hybridized carbons (Fsp3) is 0.556. The number of hydrogen-bond donors (Lipinski definition) is 3. The first-order chi connectivity index (χ1) is 6.72. The molecule has 0 aliphatic carbocycles. The predicted octanol–water partition coefficient (Wildman–Crippen LogP) is -0.0113. The fourth-order valence-electron chi connectivity index (χ4n) is 1.00. The molecule has 1 unspecified atom stereocenters. The average molecular weight is 196 g/mol. The minimum atomic E-state index is -0.326. The Morgan fingerprint density at radius 3 is 2.57 bits per heavy atom. The molecule has 1 aromatic rings. The lowest BCUT2D eigenvalue weighted by atomic mass is 10.3. The van der Waals surface area contributed by atoms with E-state index in [-0.39, 0.29) is 6.10 Å². The highest BCUT2D eigenvalue weighted by molar-refractivity contribution is 5.22. The van der Waals surface area contributed by atoms with Crippen LogP contribution in [0.15, 0.2) is 12.4 Å². The van der Waals surface area contributed by atoms with E-state index in [9.17, 15) is 0 Å². The number of rotatable bonds is 5. The maximum atomic E-state index is 9.01. The number of hydrogen-bond acceptors (Lipinski definition) is 5. The molecule has 78 valence electrons. The molecule has 5 heteroatoms. The summed E-state index contributed by atoms with van der Waals surface area (Å²) in [5.74, 6) is 0.615. The Morgan fingerprint density at radius 1 is 1.43 bits per heavy atom. The van der Waals surface area contributed by atoms with Crippen molar-refractivity contribution in [2.75, 3.05) is 18.9 Å². The van der Waals surface area contributed by atoms with Gasteiger partial charge in [-0.3, -0.25) is 0 Å². The normalized spacial score (nSPS) is 12.5.